The first-order chi connectivity index (χ1) is 12.1. The van der Waals surface area contributed by atoms with Gasteiger partial charge in [-0.2, -0.15) is 7.05 Å². The number of nitrogens with zero attached hydrogens (tertiary/aromatic N) is 3. The molecule has 4 nitrogen and oxygen atoms in total. The number of rotatable bonds is 4. The van der Waals surface area contributed by atoms with Crippen LogP contribution in [0, 0.1) is 0 Å². The van der Waals surface area contributed by atoms with Gasteiger partial charge in [0, 0.05) is 20.6 Å². The van der Waals surface area contributed by atoms with E-state index in [1.54, 1.807) is 26.0 Å². The van der Waals surface area contributed by atoms with Gasteiger partial charge in [0.2, 0.25) is 0 Å². The predicted octanol–water partition coefficient (Wildman–Crippen LogP) is 3.97. The molecule has 132 valence electrons. The Labute approximate surface area is 149 Å². The van der Waals surface area contributed by atoms with Gasteiger partial charge in [0.1, 0.15) is 0 Å². The minimum atomic E-state index is -0.553. The van der Waals surface area contributed by atoms with E-state index in [0.29, 0.717) is 13.1 Å². The van der Waals surface area contributed by atoms with Crippen molar-refractivity contribution in [3.05, 3.63) is 83.2 Å². The number of urea groups is 1. The maximum Gasteiger partial charge on any atom is 0.320 e. The molecular formula is C21H24N3ORf-. The largest absolute Gasteiger partial charge is 0.663 e. The molecule has 0 saturated carbocycles. The molecule has 0 spiro atoms. The maximum atomic E-state index is 13.0. The summed E-state index contributed by atoms with van der Waals surface area (Å²) in [5.41, 5.74) is 2.83. The molecule has 0 N–H and O–H groups in total. The summed E-state index contributed by atoms with van der Waals surface area (Å²) in [6, 6.07) is 20.4. The molecule has 0 bridgehead atoms. The van der Waals surface area contributed by atoms with Crippen LogP contribution >= 0.6 is 0 Å². The van der Waals surface area contributed by atoms with Gasteiger partial charge in [0.05, 0.1) is 5.54 Å². The number of hydrogen-bond acceptors (Lipinski definition) is 1. The van der Waals surface area contributed by atoms with E-state index in [1.165, 1.54) is 0 Å². The minimum absolute atomic E-state index is 0. The summed E-state index contributed by atoms with van der Waals surface area (Å²) in [6.07, 6.45) is 2.21. The fourth-order valence-electron chi connectivity index (χ4n) is 3.46. The molecule has 3 rings (SSSR count). The van der Waals surface area contributed by atoms with Gasteiger partial charge in [-0.3, -0.25) is 0 Å². The smallest absolute Gasteiger partial charge is 0.320 e. The van der Waals surface area contributed by atoms with Crippen molar-refractivity contribution in [1.82, 2.24) is 9.80 Å². The van der Waals surface area contributed by atoms with E-state index in [0.717, 1.165) is 16.7 Å². The van der Waals surface area contributed by atoms with Crippen molar-refractivity contribution in [1.29, 1.82) is 0 Å². The van der Waals surface area contributed by atoms with Gasteiger partial charge < -0.3 is 15.1 Å². The van der Waals surface area contributed by atoms with Gasteiger partial charge >= 0.3 is 6.03 Å². The summed E-state index contributed by atoms with van der Waals surface area (Å²) < 4.78 is 0. The van der Waals surface area contributed by atoms with Crippen molar-refractivity contribution in [3.8, 4) is 0 Å². The molecule has 0 saturated heterocycles. The standard InChI is InChI=1S/C21H24N3O.Rf/c1-22-16-21(19-12-8-5-9-13-19)14-18(17-10-6-4-7-11-17)15-24(21)20(25)23(2)3;/h4-14H,15-16H2,1-3H3;/q-1;. The Morgan fingerprint density at radius 1 is 1.08 bits per heavy atom. The fourth-order valence-corrected chi connectivity index (χ4v) is 3.46. The first kappa shape index (κ1) is 18.7. The quantitative estimate of drug-likeness (QED) is 0.523. The number of hydrogen-bond donors (Lipinski definition) is 0. The van der Waals surface area contributed by atoms with Gasteiger partial charge in [-0.1, -0.05) is 66.7 Å². The zero-order valence-electron chi connectivity index (χ0n) is 15.7. The van der Waals surface area contributed by atoms with Crippen LogP contribution in [0.5, 0.6) is 0 Å². The van der Waals surface area contributed by atoms with E-state index in [-0.39, 0.29) is 6.03 Å². The monoisotopic (exact) mass is 601 g/mol. The molecule has 5 heteroatoms. The Bertz CT molecular complexity index is 761. The molecule has 1 heterocycles. The Morgan fingerprint density at radius 3 is 2.19 bits per heavy atom. The number of benzene rings is 2. The van der Waals surface area contributed by atoms with Crippen LogP contribution in [0.25, 0.3) is 10.9 Å². The number of carbonyl (C=O) groups is 1. The SMILES string of the molecule is C[N-]CC1(c2ccccc2)C=C(c2ccccc2)CN1C(=O)N(C)C.[Rf]. The second kappa shape index (κ2) is 7.53. The average Bonchev–Trinajstić information content (AvgIpc) is 3.03. The van der Waals surface area contributed by atoms with E-state index in [1.807, 2.05) is 41.3 Å². The molecule has 2 aromatic rings. The molecule has 2 aromatic carbocycles. The molecule has 2 amide bonds. The second-order valence-electron chi connectivity index (χ2n) is 6.56. The second-order valence-corrected chi connectivity index (χ2v) is 6.56. The maximum absolute atomic E-state index is 13.0. The normalized spacial score (nSPS) is 18.9. The van der Waals surface area contributed by atoms with E-state index >= 15 is 0 Å². The topological polar surface area (TPSA) is 37.7 Å². The summed E-state index contributed by atoms with van der Waals surface area (Å²) in [4.78, 5) is 16.5. The Balaban J connectivity index is 0.00000243. The van der Waals surface area contributed by atoms with Crippen molar-refractivity contribution in [3.63, 3.8) is 0 Å². The summed E-state index contributed by atoms with van der Waals surface area (Å²) in [5, 5.41) is 4.43. The Hall–Kier alpha value is -3.59. The van der Waals surface area contributed by atoms with Crippen LogP contribution in [-0.4, -0.2) is 50.1 Å². The number of amides is 2. The van der Waals surface area contributed by atoms with Crippen LogP contribution in [0.4, 0.5) is 4.79 Å². The molecular weight excluding hydrogens is 577 g/mol. The first-order valence-electron chi connectivity index (χ1n) is 8.45. The molecule has 1 aliphatic heterocycles. The van der Waals surface area contributed by atoms with Crippen LogP contribution in [0.3, 0.4) is 0 Å². The molecule has 0 aliphatic carbocycles. The van der Waals surface area contributed by atoms with E-state index in [2.05, 4.69) is 35.7 Å². The Morgan fingerprint density at radius 2 is 1.65 bits per heavy atom. The molecule has 0 radical (unpaired) electrons. The zero-order chi connectivity index (χ0) is 17.9. The number of likely N-dealkylation sites (N-methyl/N-ethyl adjacent to an activating group) is 1. The average molecular weight is 601 g/mol. The summed E-state index contributed by atoms with van der Waals surface area (Å²) in [6.45, 7) is 1.11. The summed E-state index contributed by atoms with van der Waals surface area (Å²) in [7, 11) is 5.39. The molecule has 26 heavy (non-hydrogen) atoms. The van der Waals surface area contributed by atoms with E-state index < -0.39 is 5.54 Å². The van der Waals surface area contributed by atoms with Crippen molar-refractivity contribution >= 4 is 11.6 Å². The van der Waals surface area contributed by atoms with Crippen molar-refractivity contribution in [2.45, 2.75) is 5.54 Å². The van der Waals surface area contributed by atoms with Gasteiger partial charge in [-0.15, -0.1) is 6.54 Å². The Kier molecular flexibility index (Phi) is 5.43. The van der Waals surface area contributed by atoms with Gasteiger partial charge in [0.25, 0.3) is 0 Å². The fraction of sp³-hybridized carbons (Fsp3) is 0.286. The van der Waals surface area contributed by atoms with Crippen molar-refractivity contribution in [2.24, 2.45) is 0 Å². The van der Waals surface area contributed by atoms with Crippen LogP contribution in [-0.2, 0) is 5.54 Å². The molecule has 1 unspecified atom stereocenters. The van der Waals surface area contributed by atoms with Crippen molar-refractivity contribution in [2.75, 3.05) is 34.2 Å². The van der Waals surface area contributed by atoms with Crippen LogP contribution in [0.15, 0.2) is 66.7 Å². The van der Waals surface area contributed by atoms with Gasteiger partial charge in [-0.05, 0) is 16.7 Å². The van der Waals surface area contributed by atoms with Gasteiger partial charge in [0.15, 0.2) is 0 Å². The van der Waals surface area contributed by atoms with Crippen molar-refractivity contribution < 1.29 is 4.79 Å². The van der Waals surface area contributed by atoms with E-state index in [4.69, 9.17) is 0 Å². The van der Waals surface area contributed by atoms with Crippen LogP contribution in [0.2, 0.25) is 0 Å². The third-order valence-corrected chi connectivity index (χ3v) is 4.65. The zero-order valence-corrected chi connectivity index (χ0v) is 22.1. The van der Waals surface area contributed by atoms with E-state index in [9.17, 15) is 4.79 Å². The van der Waals surface area contributed by atoms with Crippen LogP contribution in [0.1, 0.15) is 11.1 Å². The summed E-state index contributed by atoms with van der Waals surface area (Å²) in [5.74, 6) is 0. The third kappa shape index (κ3) is 3.15. The minimum Gasteiger partial charge on any atom is -0.663 e. The van der Waals surface area contributed by atoms with Crippen LogP contribution < -0.4 is 0 Å². The number of carbonyl (C=O) groups excluding carboxylic acids is 1. The first-order valence-corrected chi connectivity index (χ1v) is 8.45. The predicted molar refractivity (Wildman–Crippen MR) is 102 cm³/mol. The molecule has 1 atom stereocenters. The third-order valence-electron chi connectivity index (χ3n) is 4.65. The molecule has 0 fully saturated rings. The van der Waals surface area contributed by atoms with Gasteiger partial charge in [-0.25, -0.2) is 4.79 Å². The summed E-state index contributed by atoms with van der Waals surface area (Å²) >= 11 is 0. The molecule has 0 aromatic heterocycles. The molecule has 1 aliphatic rings.